The summed E-state index contributed by atoms with van der Waals surface area (Å²) >= 11 is 12.5. The van der Waals surface area contributed by atoms with E-state index < -0.39 is 0 Å². The molecule has 0 aliphatic carbocycles. The third-order valence-corrected chi connectivity index (χ3v) is 6.46. The van der Waals surface area contributed by atoms with Crippen molar-refractivity contribution in [2.75, 3.05) is 13.1 Å². The highest BCUT2D eigenvalue weighted by Gasteiger charge is 2.38. The molecule has 184 valence electrons. The molecule has 6 nitrogen and oxygen atoms in total. The van der Waals surface area contributed by atoms with E-state index in [4.69, 9.17) is 33.1 Å². The van der Waals surface area contributed by atoms with Gasteiger partial charge in [0.25, 0.3) is 5.91 Å². The molecule has 3 aromatic rings. The second-order valence-corrected chi connectivity index (χ2v) is 8.98. The summed E-state index contributed by atoms with van der Waals surface area (Å²) in [5.74, 6) is 0.0646. The fraction of sp³-hybridized carbons (Fsp3) is 0.259. The van der Waals surface area contributed by atoms with E-state index in [9.17, 15) is 4.79 Å². The average molecular weight is 514 g/mol. The maximum absolute atomic E-state index is 13.2. The van der Waals surface area contributed by atoms with Gasteiger partial charge in [0.15, 0.2) is 0 Å². The van der Waals surface area contributed by atoms with Crippen molar-refractivity contribution in [1.29, 1.82) is 0 Å². The summed E-state index contributed by atoms with van der Waals surface area (Å²) in [5, 5.41) is 13.9. The van der Waals surface area contributed by atoms with Gasteiger partial charge < -0.3 is 10.8 Å². The summed E-state index contributed by atoms with van der Waals surface area (Å²) in [6, 6.07) is 22.8. The maximum atomic E-state index is 13.2. The van der Waals surface area contributed by atoms with Crippen LogP contribution in [0.3, 0.4) is 0 Å². The van der Waals surface area contributed by atoms with Gasteiger partial charge in [0, 0.05) is 28.7 Å². The normalized spacial score (nSPS) is 16.9. The number of benzene rings is 3. The van der Waals surface area contributed by atoms with Gasteiger partial charge in [-0.2, -0.15) is 0 Å². The Labute approximate surface area is 215 Å². The molecule has 1 atom stereocenters. The van der Waals surface area contributed by atoms with Crippen molar-refractivity contribution in [1.82, 2.24) is 10.0 Å². The molecule has 0 spiro atoms. The molecule has 35 heavy (non-hydrogen) atoms. The minimum Gasteiger partial charge on any atom is -0.392 e. The number of rotatable bonds is 3. The van der Waals surface area contributed by atoms with Crippen LogP contribution in [-0.2, 0) is 17.8 Å². The van der Waals surface area contributed by atoms with Crippen molar-refractivity contribution in [2.24, 2.45) is 5.73 Å². The number of hydrogen-bond donors (Lipinski definition) is 2. The first-order chi connectivity index (χ1) is 17.0. The quantitative estimate of drug-likeness (QED) is 0.481. The van der Waals surface area contributed by atoms with Crippen molar-refractivity contribution >= 4 is 35.5 Å². The van der Waals surface area contributed by atoms with Crippen molar-refractivity contribution < 1.29 is 14.7 Å². The number of aliphatic hydroxyl groups excluding tert-OH is 1. The number of hydrogen-bond acceptors (Lipinski definition) is 4. The van der Waals surface area contributed by atoms with Gasteiger partial charge >= 0.3 is 0 Å². The van der Waals surface area contributed by atoms with Crippen LogP contribution in [0.1, 0.15) is 45.9 Å². The van der Waals surface area contributed by atoms with Gasteiger partial charge in [0.1, 0.15) is 0 Å². The number of fused-ring (bicyclic) bond motifs is 1. The second kappa shape index (κ2) is 13.3. The topological polar surface area (TPSA) is 86.9 Å². The zero-order valence-electron chi connectivity index (χ0n) is 19.3. The predicted octanol–water partition coefficient (Wildman–Crippen LogP) is 5.02. The Balaban J connectivity index is 0.000000260. The molecule has 1 unspecified atom stereocenters. The van der Waals surface area contributed by atoms with Crippen LogP contribution in [0.25, 0.3) is 0 Å². The van der Waals surface area contributed by atoms with E-state index in [0.717, 1.165) is 54.6 Å². The standard InChI is InChI=1S/C19H18Cl2N2O.C7H8O.CH3NO/c20-14-7-8-16(17(21)12-14)18-11-13-5-1-2-6-15(13)19(24)23(18)22-9-3-4-10-22;8-6-7-4-2-1-3-5-7;2-1-3/h1-2,5-8,12,18H,3-4,9-11H2;1-5,8H,6H2;1H,(H2,2,3). The smallest absolute Gasteiger partial charge is 0.269 e. The number of nitrogens with two attached hydrogens (primary N) is 1. The second-order valence-electron chi connectivity index (χ2n) is 8.13. The van der Waals surface area contributed by atoms with E-state index in [2.05, 4.69) is 10.7 Å². The van der Waals surface area contributed by atoms with E-state index in [1.54, 1.807) is 6.07 Å². The van der Waals surface area contributed by atoms with Gasteiger partial charge in [-0.25, -0.2) is 5.01 Å². The summed E-state index contributed by atoms with van der Waals surface area (Å²) < 4.78 is 0. The molecule has 0 saturated carbocycles. The highest BCUT2D eigenvalue weighted by atomic mass is 35.5. The predicted molar refractivity (Wildman–Crippen MR) is 139 cm³/mol. The Bertz CT molecular complexity index is 1120. The first-order valence-corrected chi connectivity index (χ1v) is 12.2. The van der Waals surface area contributed by atoms with Gasteiger partial charge in [-0.3, -0.25) is 14.6 Å². The Hall–Kier alpha value is -2.90. The van der Waals surface area contributed by atoms with Gasteiger partial charge in [-0.05, 0) is 54.2 Å². The molecule has 2 aliphatic heterocycles. The maximum Gasteiger partial charge on any atom is 0.269 e. The Morgan fingerprint density at radius 3 is 2.20 bits per heavy atom. The lowest BCUT2D eigenvalue weighted by molar-refractivity contribution is -0.106. The minimum absolute atomic E-state index is 0.0646. The summed E-state index contributed by atoms with van der Waals surface area (Å²) in [7, 11) is 0. The zero-order chi connectivity index (χ0) is 25.2. The molecule has 8 heteroatoms. The van der Waals surface area contributed by atoms with Crippen LogP contribution in [-0.4, -0.2) is 40.5 Å². The van der Waals surface area contributed by atoms with E-state index in [0.29, 0.717) is 10.0 Å². The Morgan fingerprint density at radius 2 is 1.60 bits per heavy atom. The third kappa shape index (κ3) is 6.83. The van der Waals surface area contributed by atoms with Crippen molar-refractivity contribution in [3.8, 4) is 0 Å². The van der Waals surface area contributed by atoms with Crippen LogP contribution in [0.5, 0.6) is 0 Å². The molecule has 0 aromatic heterocycles. The molecule has 0 radical (unpaired) electrons. The SMILES string of the molecule is NC=O.O=C1c2ccccc2CC(c2ccc(Cl)cc2Cl)N1N1CCCC1.OCc1ccccc1. The third-order valence-electron chi connectivity index (χ3n) is 5.90. The monoisotopic (exact) mass is 513 g/mol. The highest BCUT2D eigenvalue weighted by Crippen LogP contribution is 2.38. The molecule has 3 aromatic carbocycles. The molecule has 1 saturated heterocycles. The number of nitrogens with zero attached hydrogens (tertiary/aromatic N) is 2. The molecule has 3 N–H and O–H groups in total. The summed E-state index contributed by atoms with van der Waals surface area (Å²) in [4.78, 5) is 21.8. The van der Waals surface area contributed by atoms with E-state index in [1.807, 2.05) is 71.7 Å². The first-order valence-electron chi connectivity index (χ1n) is 11.4. The lowest BCUT2D eigenvalue weighted by Gasteiger charge is -2.42. The number of hydrazine groups is 1. The number of carbonyl (C=O) groups is 2. The van der Waals surface area contributed by atoms with Gasteiger partial charge in [0.2, 0.25) is 6.41 Å². The molecular weight excluding hydrogens is 485 g/mol. The largest absolute Gasteiger partial charge is 0.392 e. The lowest BCUT2D eigenvalue weighted by Crippen LogP contribution is -2.50. The van der Waals surface area contributed by atoms with Crippen molar-refractivity contribution in [2.45, 2.75) is 31.9 Å². The number of halogens is 2. The van der Waals surface area contributed by atoms with Crippen LogP contribution >= 0.6 is 23.2 Å². The number of carbonyl (C=O) groups excluding carboxylic acids is 2. The average Bonchev–Trinajstić information content (AvgIpc) is 3.40. The van der Waals surface area contributed by atoms with Gasteiger partial charge in [-0.1, -0.05) is 77.8 Å². The fourth-order valence-electron chi connectivity index (χ4n) is 4.31. The van der Waals surface area contributed by atoms with Gasteiger partial charge in [0.05, 0.1) is 12.6 Å². The lowest BCUT2D eigenvalue weighted by atomic mass is 9.90. The molecule has 2 amide bonds. The van der Waals surface area contributed by atoms with Crippen molar-refractivity contribution in [3.63, 3.8) is 0 Å². The highest BCUT2D eigenvalue weighted by molar-refractivity contribution is 6.35. The van der Waals surface area contributed by atoms with Crippen molar-refractivity contribution in [3.05, 3.63) is 105 Å². The Kier molecular flexibility index (Phi) is 10.1. The number of primary amides is 1. The van der Waals surface area contributed by atoms with E-state index >= 15 is 0 Å². The Morgan fingerprint density at radius 1 is 0.971 bits per heavy atom. The van der Waals surface area contributed by atoms with Crippen LogP contribution in [0, 0.1) is 0 Å². The van der Waals surface area contributed by atoms with Crippen LogP contribution in [0.15, 0.2) is 72.8 Å². The summed E-state index contributed by atoms with van der Waals surface area (Å²) in [6.07, 6.45) is 3.25. The van der Waals surface area contributed by atoms with Crippen LogP contribution in [0.2, 0.25) is 10.0 Å². The molecule has 1 fully saturated rings. The van der Waals surface area contributed by atoms with Gasteiger partial charge in [-0.15, -0.1) is 0 Å². The number of amides is 2. The molecule has 0 bridgehead atoms. The molecule has 2 heterocycles. The molecular formula is C27H29Cl2N3O3. The van der Waals surface area contributed by atoms with E-state index in [1.165, 1.54) is 0 Å². The van der Waals surface area contributed by atoms with Crippen LogP contribution in [0.4, 0.5) is 0 Å². The summed E-state index contributed by atoms with van der Waals surface area (Å²) in [5.41, 5.74) is 7.96. The fourth-order valence-corrected chi connectivity index (χ4v) is 4.84. The number of aliphatic hydroxyl groups is 1. The minimum atomic E-state index is -0.0877. The first kappa shape index (κ1) is 26.7. The molecule has 5 rings (SSSR count). The zero-order valence-corrected chi connectivity index (χ0v) is 20.8. The summed E-state index contributed by atoms with van der Waals surface area (Å²) in [6.45, 7) is 1.96. The van der Waals surface area contributed by atoms with E-state index in [-0.39, 0.29) is 25.0 Å². The molecule has 2 aliphatic rings. The van der Waals surface area contributed by atoms with Crippen LogP contribution < -0.4 is 5.73 Å².